The van der Waals surface area contributed by atoms with Crippen molar-refractivity contribution < 1.29 is 28.5 Å². The number of hydrogen-bond donors (Lipinski definition) is 1. The zero-order valence-corrected chi connectivity index (χ0v) is 15.2. The van der Waals surface area contributed by atoms with E-state index >= 15 is 0 Å². The standard InChI is InChI=1S/C21H18O6/c1-13(22)26-8-4-5-14-9-16-12-18(27-21(16)20(10-14)25-3)15-6-7-17(23)19(11-15)24-2/h6-7,9-12,23H,8H2,1-3H3. The number of benzene rings is 2. The van der Waals surface area contributed by atoms with Crippen LogP contribution < -0.4 is 9.47 Å². The molecule has 0 unspecified atom stereocenters. The third kappa shape index (κ3) is 3.98. The first-order valence-electron chi connectivity index (χ1n) is 8.13. The number of carbonyl (C=O) groups is 1. The SMILES string of the molecule is COc1cc(-c2cc3cc(C#CCOC(C)=O)cc(OC)c3o2)ccc1O. The van der Waals surface area contributed by atoms with E-state index in [-0.39, 0.29) is 18.3 Å². The van der Waals surface area contributed by atoms with E-state index in [2.05, 4.69) is 11.8 Å². The molecule has 1 heterocycles. The summed E-state index contributed by atoms with van der Waals surface area (Å²) in [7, 11) is 3.04. The van der Waals surface area contributed by atoms with Crippen LogP contribution >= 0.6 is 0 Å². The molecule has 0 fully saturated rings. The third-order valence-corrected chi connectivity index (χ3v) is 3.85. The fourth-order valence-corrected chi connectivity index (χ4v) is 2.59. The van der Waals surface area contributed by atoms with Gasteiger partial charge in [0.25, 0.3) is 0 Å². The van der Waals surface area contributed by atoms with Gasteiger partial charge >= 0.3 is 5.97 Å². The topological polar surface area (TPSA) is 78.1 Å². The van der Waals surface area contributed by atoms with E-state index in [0.29, 0.717) is 28.4 Å². The lowest BCUT2D eigenvalue weighted by atomic mass is 10.1. The molecule has 0 aliphatic heterocycles. The highest BCUT2D eigenvalue weighted by Gasteiger charge is 2.13. The molecule has 0 saturated carbocycles. The van der Waals surface area contributed by atoms with E-state index in [9.17, 15) is 9.90 Å². The quantitative estimate of drug-likeness (QED) is 0.560. The lowest BCUT2D eigenvalue weighted by Gasteiger charge is -2.04. The van der Waals surface area contributed by atoms with Gasteiger partial charge in [-0.15, -0.1) is 0 Å². The van der Waals surface area contributed by atoms with Crippen molar-refractivity contribution in [3.05, 3.63) is 42.0 Å². The van der Waals surface area contributed by atoms with Crippen LogP contribution in [0.15, 0.2) is 40.8 Å². The summed E-state index contributed by atoms with van der Waals surface area (Å²) in [6.45, 7) is 1.36. The fraction of sp³-hybridized carbons (Fsp3) is 0.190. The summed E-state index contributed by atoms with van der Waals surface area (Å²) in [6.07, 6.45) is 0. The third-order valence-electron chi connectivity index (χ3n) is 3.85. The first-order valence-corrected chi connectivity index (χ1v) is 8.13. The first-order chi connectivity index (χ1) is 13.0. The van der Waals surface area contributed by atoms with Crippen molar-refractivity contribution in [3.8, 4) is 40.4 Å². The summed E-state index contributed by atoms with van der Waals surface area (Å²) < 4.78 is 21.3. The van der Waals surface area contributed by atoms with Gasteiger partial charge in [0.05, 0.1) is 14.2 Å². The van der Waals surface area contributed by atoms with Crippen molar-refractivity contribution in [1.29, 1.82) is 0 Å². The predicted octanol–water partition coefficient (Wildman–Crippen LogP) is 3.74. The molecule has 1 N–H and O–H groups in total. The Morgan fingerprint density at radius 3 is 2.59 bits per heavy atom. The second kappa shape index (κ2) is 7.75. The van der Waals surface area contributed by atoms with Crippen LogP contribution in [-0.2, 0) is 9.53 Å². The summed E-state index contributed by atoms with van der Waals surface area (Å²) in [5.41, 5.74) is 2.05. The molecule has 0 aliphatic carbocycles. The van der Waals surface area contributed by atoms with Crippen LogP contribution in [0.5, 0.6) is 17.2 Å². The zero-order chi connectivity index (χ0) is 19.4. The maximum atomic E-state index is 10.8. The van der Waals surface area contributed by atoms with E-state index in [1.54, 1.807) is 31.4 Å². The van der Waals surface area contributed by atoms with Gasteiger partial charge in [-0.25, -0.2) is 0 Å². The molecule has 0 spiro atoms. The Labute approximate surface area is 156 Å². The van der Waals surface area contributed by atoms with Gasteiger partial charge in [-0.05, 0) is 36.4 Å². The number of phenolic OH excluding ortho intramolecular Hbond substituents is 1. The highest BCUT2D eigenvalue weighted by molar-refractivity contribution is 5.89. The van der Waals surface area contributed by atoms with Gasteiger partial charge in [0.15, 0.2) is 29.4 Å². The Morgan fingerprint density at radius 2 is 1.89 bits per heavy atom. The largest absolute Gasteiger partial charge is 0.504 e. The summed E-state index contributed by atoms with van der Waals surface area (Å²) >= 11 is 0. The number of hydrogen-bond acceptors (Lipinski definition) is 6. The van der Waals surface area contributed by atoms with Crippen molar-refractivity contribution in [2.45, 2.75) is 6.92 Å². The van der Waals surface area contributed by atoms with Gasteiger partial charge in [0, 0.05) is 23.4 Å². The summed E-state index contributed by atoms with van der Waals surface area (Å²) in [5, 5.41) is 10.6. The number of furan rings is 1. The van der Waals surface area contributed by atoms with E-state index < -0.39 is 0 Å². The lowest BCUT2D eigenvalue weighted by Crippen LogP contribution is -1.97. The molecule has 6 nitrogen and oxygen atoms in total. The van der Waals surface area contributed by atoms with Crippen LogP contribution in [0.25, 0.3) is 22.3 Å². The lowest BCUT2D eigenvalue weighted by molar-refractivity contribution is -0.139. The number of carbonyl (C=O) groups excluding carboxylic acids is 1. The van der Waals surface area contributed by atoms with E-state index in [4.69, 9.17) is 18.6 Å². The molecule has 0 saturated heterocycles. The minimum atomic E-state index is -0.374. The predicted molar refractivity (Wildman–Crippen MR) is 99.9 cm³/mol. The monoisotopic (exact) mass is 366 g/mol. The van der Waals surface area contributed by atoms with Gasteiger partial charge in [-0.1, -0.05) is 11.8 Å². The van der Waals surface area contributed by atoms with Crippen LogP contribution in [0.1, 0.15) is 12.5 Å². The van der Waals surface area contributed by atoms with Crippen LogP contribution in [0, 0.1) is 11.8 Å². The van der Waals surface area contributed by atoms with Crippen molar-refractivity contribution in [1.82, 2.24) is 0 Å². The molecule has 0 radical (unpaired) electrons. The molecule has 3 rings (SSSR count). The Bertz CT molecular complexity index is 1050. The molecule has 1 aromatic heterocycles. The Hall–Kier alpha value is -3.59. The second-order valence-electron chi connectivity index (χ2n) is 5.68. The molecule has 0 atom stereocenters. The van der Waals surface area contributed by atoms with Gasteiger partial charge in [-0.3, -0.25) is 4.79 Å². The molecule has 0 bridgehead atoms. The van der Waals surface area contributed by atoms with Gasteiger partial charge < -0.3 is 23.7 Å². The Balaban J connectivity index is 2.00. The molecule has 0 amide bonds. The molecule has 138 valence electrons. The first kappa shape index (κ1) is 18.2. The molecule has 0 aliphatic rings. The summed E-state index contributed by atoms with van der Waals surface area (Å²) in [5.74, 6) is 6.91. The highest BCUT2D eigenvalue weighted by atomic mass is 16.5. The molecular weight excluding hydrogens is 348 g/mol. The Morgan fingerprint density at radius 1 is 1.11 bits per heavy atom. The van der Waals surface area contributed by atoms with E-state index in [0.717, 1.165) is 10.9 Å². The van der Waals surface area contributed by atoms with Crippen LogP contribution in [0.4, 0.5) is 0 Å². The van der Waals surface area contributed by atoms with Gasteiger partial charge in [0.1, 0.15) is 5.76 Å². The second-order valence-corrected chi connectivity index (χ2v) is 5.68. The molecule has 6 heteroatoms. The van der Waals surface area contributed by atoms with Gasteiger partial charge in [-0.2, -0.15) is 0 Å². The number of esters is 1. The van der Waals surface area contributed by atoms with Crippen LogP contribution in [0.3, 0.4) is 0 Å². The number of ether oxygens (including phenoxy) is 3. The maximum absolute atomic E-state index is 10.8. The molecule has 3 aromatic rings. The van der Waals surface area contributed by atoms with E-state index in [1.165, 1.54) is 14.0 Å². The normalized spacial score (nSPS) is 10.2. The average Bonchev–Trinajstić information content (AvgIpc) is 3.09. The van der Waals surface area contributed by atoms with Gasteiger partial charge in [0.2, 0.25) is 0 Å². The molecular formula is C21H18O6. The van der Waals surface area contributed by atoms with Crippen molar-refractivity contribution in [2.75, 3.05) is 20.8 Å². The number of methoxy groups -OCH3 is 2. The minimum absolute atomic E-state index is 0.0274. The smallest absolute Gasteiger partial charge is 0.303 e. The number of fused-ring (bicyclic) bond motifs is 1. The summed E-state index contributed by atoms with van der Waals surface area (Å²) in [6, 6.07) is 10.5. The Kier molecular flexibility index (Phi) is 5.23. The molecule has 2 aromatic carbocycles. The number of phenols is 1. The van der Waals surface area contributed by atoms with Crippen molar-refractivity contribution >= 4 is 16.9 Å². The number of rotatable bonds is 4. The number of aromatic hydroxyl groups is 1. The van der Waals surface area contributed by atoms with Crippen molar-refractivity contribution in [3.63, 3.8) is 0 Å². The molecule has 27 heavy (non-hydrogen) atoms. The summed E-state index contributed by atoms with van der Waals surface area (Å²) in [4.78, 5) is 10.8. The average molecular weight is 366 g/mol. The van der Waals surface area contributed by atoms with E-state index in [1.807, 2.05) is 12.1 Å². The zero-order valence-electron chi connectivity index (χ0n) is 15.2. The van der Waals surface area contributed by atoms with Crippen molar-refractivity contribution in [2.24, 2.45) is 0 Å². The van der Waals surface area contributed by atoms with Crippen LogP contribution in [-0.4, -0.2) is 31.9 Å². The maximum Gasteiger partial charge on any atom is 0.303 e. The highest BCUT2D eigenvalue weighted by Crippen LogP contribution is 2.37. The fourth-order valence-electron chi connectivity index (χ4n) is 2.59. The minimum Gasteiger partial charge on any atom is -0.504 e. The van der Waals surface area contributed by atoms with Crippen LogP contribution in [0.2, 0.25) is 0 Å².